The SMILES string of the molecule is CCOC(=O)CCCOc1c(N2CCC(O)CC2)cc(C(=O)CN2Cc3c(cc(C(=O)NC)c(OCC)c3F)C2=N)cc1C(C)(C)C. The van der Waals surface area contributed by atoms with E-state index in [-0.39, 0.29) is 72.8 Å². The minimum Gasteiger partial charge on any atom is -0.491 e. The molecular formula is C35H47FN4O7. The molecule has 0 bridgehead atoms. The van der Waals surface area contributed by atoms with Crippen LogP contribution in [0.3, 0.4) is 0 Å². The molecule has 0 atom stereocenters. The molecule has 2 aromatic rings. The van der Waals surface area contributed by atoms with Crippen LogP contribution in [0.15, 0.2) is 18.2 Å². The number of hydrogen-bond acceptors (Lipinski definition) is 9. The molecule has 1 saturated heterocycles. The van der Waals surface area contributed by atoms with Crippen molar-refractivity contribution < 1.29 is 38.1 Å². The summed E-state index contributed by atoms with van der Waals surface area (Å²) in [6.45, 7) is 11.2. The molecule has 0 aliphatic carbocycles. The zero-order valence-electron chi connectivity index (χ0n) is 28.3. The van der Waals surface area contributed by atoms with E-state index in [0.29, 0.717) is 50.3 Å². The molecule has 12 heteroatoms. The first-order valence-corrected chi connectivity index (χ1v) is 16.3. The van der Waals surface area contributed by atoms with Gasteiger partial charge in [-0.1, -0.05) is 20.8 Å². The highest BCUT2D eigenvalue weighted by molar-refractivity contribution is 6.08. The number of amidine groups is 1. The Bertz CT molecular complexity index is 1510. The molecule has 1 amide bonds. The third-order valence-electron chi connectivity index (χ3n) is 8.42. The van der Waals surface area contributed by atoms with Crippen LogP contribution in [0, 0.1) is 11.2 Å². The van der Waals surface area contributed by atoms with E-state index in [9.17, 15) is 19.5 Å². The monoisotopic (exact) mass is 654 g/mol. The molecule has 0 aromatic heterocycles. The Balaban J connectivity index is 1.66. The summed E-state index contributed by atoms with van der Waals surface area (Å²) in [7, 11) is 1.44. The Hall–Kier alpha value is -4.19. The number of nitrogens with zero attached hydrogens (tertiary/aromatic N) is 2. The third-order valence-corrected chi connectivity index (χ3v) is 8.42. The van der Waals surface area contributed by atoms with Gasteiger partial charge in [0.15, 0.2) is 17.3 Å². The van der Waals surface area contributed by atoms with E-state index in [1.807, 2.05) is 26.8 Å². The molecule has 1 fully saturated rings. The molecule has 4 rings (SSSR count). The highest BCUT2D eigenvalue weighted by Gasteiger charge is 2.34. The maximum atomic E-state index is 15.7. The van der Waals surface area contributed by atoms with Gasteiger partial charge in [-0.15, -0.1) is 0 Å². The number of anilines is 1. The van der Waals surface area contributed by atoms with Crippen LogP contribution in [0.1, 0.15) is 97.7 Å². The third kappa shape index (κ3) is 8.04. The number of hydrogen-bond donors (Lipinski definition) is 3. The van der Waals surface area contributed by atoms with Crippen molar-refractivity contribution in [3.05, 3.63) is 51.8 Å². The van der Waals surface area contributed by atoms with Gasteiger partial charge in [0.05, 0.1) is 43.7 Å². The van der Waals surface area contributed by atoms with Gasteiger partial charge in [-0.05, 0) is 56.7 Å². The zero-order chi connectivity index (χ0) is 34.5. The van der Waals surface area contributed by atoms with Gasteiger partial charge in [-0.2, -0.15) is 0 Å². The Labute approximate surface area is 275 Å². The van der Waals surface area contributed by atoms with Gasteiger partial charge in [0.1, 0.15) is 11.6 Å². The zero-order valence-corrected chi connectivity index (χ0v) is 28.3. The first kappa shape index (κ1) is 35.7. The van der Waals surface area contributed by atoms with Gasteiger partial charge in [0.25, 0.3) is 5.91 Å². The summed E-state index contributed by atoms with van der Waals surface area (Å²) in [6.07, 6.45) is 1.43. The van der Waals surface area contributed by atoms with Crippen LogP contribution in [-0.2, 0) is 21.5 Å². The first-order valence-electron chi connectivity index (χ1n) is 16.3. The van der Waals surface area contributed by atoms with Crippen LogP contribution in [-0.4, -0.2) is 86.1 Å². The van der Waals surface area contributed by atoms with Crippen LogP contribution in [0.4, 0.5) is 10.1 Å². The number of halogens is 1. The van der Waals surface area contributed by atoms with Crippen molar-refractivity contribution in [2.45, 2.75) is 78.4 Å². The van der Waals surface area contributed by atoms with E-state index in [1.165, 1.54) is 18.0 Å². The molecule has 0 unspecified atom stereocenters. The number of ketones is 1. The Morgan fingerprint density at radius 2 is 1.77 bits per heavy atom. The van der Waals surface area contributed by atoms with Crippen molar-refractivity contribution in [3.63, 3.8) is 0 Å². The lowest BCUT2D eigenvalue weighted by Gasteiger charge is -2.35. The summed E-state index contributed by atoms with van der Waals surface area (Å²) in [5.41, 5.74) is 1.96. The molecule has 2 aromatic carbocycles. The van der Waals surface area contributed by atoms with Crippen molar-refractivity contribution in [3.8, 4) is 11.5 Å². The second-order valence-electron chi connectivity index (χ2n) is 12.8. The number of amides is 1. The predicted octanol–water partition coefficient (Wildman–Crippen LogP) is 4.59. The molecule has 2 aliphatic rings. The molecule has 2 aliphatic heterocycles. The van der Waals surface area contributed by atoms with Crippen LogP contribution >= 0.6 is 0 Å². The summed E-state index contributed by atoms with van der Waals surface area (Å²) in [5, 5.41) is 21.5. The summed E-state index contributed by atoms with van der Waals surface area (Å²) >= 11 is 0. The topological polar surface area (TPSA) is 141 Å². The quantitative estimate of drug-likeness (QED) is 0.161. The second kappa shape index (κ2) is 15.1. The molecule has 0 spiro atoms. The van der Waals surface area contributed by atoms with E-state index in [4.69, 9.17) is 19.6 Å². The fraction of sp³-hybridized carbons (Fsp3) is 0.543. The number of aliphatic hydroxyl groups is 1. The minimum atomic E-state index is -0.711. The van der Waals surface area contributed by atoms with Crippen molar-refractivity contribution in [1.82, 2.24) is 10.2 Å². The molecule has 11 nitrogen and oxygen atoms in total. The lowest BCUT2D eigenvalue weighted by Crippen LogP contribution is -2.36. The van der Waals surface area contributed by atoms with Gasteiger partial charge in [0.2, 0.25) is 0 Å². The van der Waals surface area contributed by atoms with Crippen molar-refractivity contribution >= 4 is 29.2 Å². The molecular weight excluding hydrogens is 607 g/mol. The summed E-state index contributed by atoms with van der Waals surface area (Å²) in [4.78, 5) is 42.0. The summed E-state index contributed by atoms with van der Waals surface area (Å²) < 4.78 is 32.6. The Morgan fingerprint density at radius 1 is 1.06 bits per heavy atom. The molecule has 256 valence electrons. The van der Waals surface area contributed by atoms with E-state index < -0.39 is 23.2 Å². The first-order chi connectivity index (χ1) is 22.3. The number of fused-ring (bicyclic) bond motifs is 1. The number of aliphatic hydroxyl groups excluding tert-OH is 1. The highest BCUT2D eigenvalue weighted by Crippen LogP contribution is 2.42. The lowest BCUT2D eigenvalue weighted by atomic mass is 9.84. The number of benzene rings is 2. The number of nitrogens with one attached hydrogen (secondary N) is 2. The Kier molecular flexibility index (Phi) is 11.5. The standard InChI is InChI=1S/C35H47FN4O7/c1-7-45-29(43)10-9-15-47-32-26(35(3,4)5)16-21(17-27(32)39-13-11-22(41)12-14-39)28(42)20-40-19-25-23(33(40)37)18-24(34(44)38-6)31(30(25)36)46-8-2/h16-18,22,37,41H,7-15,19-20H2,1-6H3,(H,38,44). The number of rotatable bonds is 13. The van der Waals surface area contributed by atoms with Crippen LogP contribution < -0.4 is 19.7 Å². The molecule has 0 saturated carbocycles. The predicted molar refractivity (Wildman–Crippen MR) is 176 cm³/mol. The number of Topliss-reactive ketones (excluding diaryl/α,β-unsaturated/α-hetero) is 1. The average molecular weight is 655 g/mol. The number of piperidine rings is 1. The van der Waals surface area contributed by atoms with E-state index >= 15 is 4.39 Å². The van der Waals surface area contributed by atoms with Gasteiger partial charge in [0, 0.05) is 55.4 Å². The second-order valence-corrected chi connectivity index (χ2v) is 12.8. The summed E-state index contributed by atoms with van der Waals surface area (Å²) in [6, 6.07) is 5.06. The van der Waals surface area contributed by atoms with Crippen LogP contribution in [0.2, 0.25) is 0 Å². The Morgan fingerprint density at radius 3 is 2.38 bits per heavy atom. The number of esters is 1. The van der Waals surface area contributed by atoms with E-state index in [1.54, 1.807) is 19.9 Å². The van der Waals surface area contributed by atoms with Gasteiger partial charge in [-0.25, -0.2) is 4.39 Å². The van der Waals surface area contributed by atoms with Gasteiger partial charge in [-0.3, -0.25) is 19.8 Å². The highest BCUT2D eigenvalue weighted by atomic mass is 19.1. The van der Waals surface area contributed by atoms with Crippen LogP contribution in [0.25, 0.3) is 0 Å². The molecule has 47 heavy (non-hydrogen) atoms. The fourth-order valence-corrected chi connectivity index (χ4v) is 5.91. The number of carbonyl (C=O) groups is 3. The number of carbonyl (C=O) groups excluding carboxylic acids is 3. The molecule has 3 N–H and O–H groups in total. The van der Waals surface area contributed by atoms with E-state index in [0.717, 1.165) is 11.3 Å². The van der Waals surface area contributed by atoms with Gasteiger partial charge >= 0.3 is 5.97 Å². The van der Waals surface area contributed by atoms with Crippen molar-refractivity contribution in [1.29, 1.82) is 5.41 Å². The van der Waals surface area contributed by atoms with Crippen LogP contribution in [0.5, 0.6) is 11.5 Å². The maximum Gasteiger partial charge on any atom is 0.305 e. The van der Waals surface area contributed by atoms with Gasteiger partial charge < -0.3 is 34.4 Å². The van der Waals surface area contributed by atoms with Crippen molar-refractivity contribution in [2.75, 3.05) is 51.4 Å². The van der Waals surface area contributed by atoms with Crippen molar-refractivity contribution in [2.24, 2.45) is 0 Å². The maximum absolute atomic E-state index is 15.7. The lowest BCUT2D eigenvalue weighted by molar-refractivity contribution is -0.143. The van der Waals surface area contributed by atoms with E-state index in [2.05, 4.69) is 10.2 Å². The smallest absolute Gasteiger partial charge is 0.305 e. The summed E-state index contributed by atoms with van der Waals surface area (Å²) in [5.74, 6) is -1.39. The molecule has 2 heterocycles. The molecule has 0 radical (unpaired) electrons. The number of ether oxygens (including phenoxy) is 3. The fourth-order valence-electron chi connectivity index (χ4n) is 5.91. The normalized spacial score (nSPS) is 15.0. The largest absolute Gasteiger partial charge is 0.491 e. The average Bonchev–Trinajstić information content (AvgIpc) is 3.34. The minimum absolute atomic E-state index is 0.00696.